The minimum Gasteiger partial charge on any atom is -0.368 e. The number of carbonyl (C=O) groups excluding carboxylic acids is 2. The molecule has 2 aliphatic rings. The predicted molar refractivity (Wildman–Crippen MR) is 104 cm³/mol. The van der Waals surface area contributed by atoms with Gasteiger partial charge >= 0.3 is 0 Å². The van der Waals surface area contributed by atoms with Gasteiger partial charge in [0.25, 0.3) is 5.91 Å². The van der Waals surface area contributed by atoms with Gasteiger partial charge in [0.1, 0.15) is 0 Å². The zero-order chi connectivity index (χ0) is 20.2. The molecule has 3 aromatic rings. The van der Waals surface area contributed by atoms with E-state index in [1.54, 1.807) is 23.2 Å². The average Bonchev–Trinajstić information content (AvgIpc) is 3.31. The van der Waals surface area contributed by atoms with E-state index in [2.05, 4.69) is 20.4 Å². The molecule has 0 bridgehead atoms. The molecule has 1 spiro atoms. The maximum absolute atomic E-state index is 13.4. The first-order valence-electron chi connectivity index (χ1n) is 9.24. The maximum Gasteiger partial charge on any atom is 0.294 e. The van der Waals surface area contributed by atoms with Gasteiger partial charge in [-0.25, -0.2) is 9.97 Å². The van der Waals surface area contributed by atoms with Crippen LogP contribution in [0.1, 0.15) is 40.2 Å². The fourth-order valence-electron chi connectivity index (χ4n) is 3.83. The Balaban J connectivity index is 1.50. The normalized spacial score (nSPS) is 16.6. The van der Waals surface area contributed by atoms with E-state index in [4.69, 9.17) is 10.3 Å². The van der Waals surface area contributed by atoms with Gasteiger partial charge < -0.3 is 20.5 Å². The molecular formula is C20H18N6O3. The minimum atomic E-state index is -0.615. The fourth-order valence-corrected chi connectivity index (χ4v) is 3.83. The molecule has 2 aromatic heterocycles. The van der Waals surface area contributed by atoms with Crippen molar-refractivity contribution in [1.29, 1.82) is 0 Å². The Morgan fingerprint density at radius 2 is 2.14 bits per heavy atom. The van der Waals surface area contributed by atoms with Crippen LogP contribution in [0, 0.1) is 6.92 Å². The topological polar surface area (TPSA) is 127 Å². The predicted octanol–water partition coefficient (Wildman–Crippen LogP) is 2.19. The van der Waals surface area contributed by atoms with Crippen LogP contribution in [0.5, 0.6) is 0 Å². The smallest absolute Gasteiger partial charge is 0.294 e. The lowest BCUT2D eigenvalue weighted by atomic mass is 9.91. The van der Waals surface area contributed by atoms with Gasteiger partial charge in [0.2, 0.25) is 17.6 Å². The summed E-state index contributed by atoms with van der Waals surface area (Å²) in [5.41, 5.74) is 9.00. The van der Waals surface area contributed by atoms with Crippen LogP contribution in [0.4, 0.5) is 17.3 Å². The first kappa shape index (κ1) is 17.4. The number of nitrogens with one attached hydrogen (secondary N) is 1. The highest BCUT2D eigenvalue weighted by molar-refractivity contribution is 6.06. The quantitative estimate of drug-likeness (QED) is 0.701. The van der Waals surface area contributed by atoms with Gasteiger partial charge in [0, 0.05) is 29.2 Å². The number of anilines is 3. The number of nitrogen functional groups attached to an aromatic ring is 1. The van der Waals surface area contributed by atoms with E-state index < -0.39 is 11.3 Å². The van der Waals surface area contributed by atoms with Crippen molar-refractivity contribution in [2.45, 2.75) is 31.7 Å². The van der Waals surface area contributed by atoms with Gasteiger partial charge in [-0.3, -0.25) is 9.59 Å². The van der Waals surface area contributed by atoms with E-state index in [1.807, 2.05) is 13.0 Å². The van der Waals surface area contributed by atoms with Gasteiger partial charge in [-0.05, 0) is 37.5 Å². The second kappa shape index (κ2) is 6.13. The zero-order valence-electron chi connectivity index (χ0n) is 15.7. The van der Waals surface area contributed by atoms with E-state index in [1.165, 1.54) is 12.3 Å². The van der Waals surface area contributed by atoms with Gasteiger partial charge in [-0.15, -0.1) is 0 Å². The molecule has 0 radical (unpaired) electrons. The molecule has 2 amide bonds. The highest BCUT2D eigenvalue weighted by atomic mass is 16.5. The van der Waals surface area contributed by atoms with Crippen LogP contribution in [0.2, 0.25) is 0 Å². The standard InChI is InChI=1S/C20H18N6O3/c1-11-2-3-13(24-17(27)15-4-7-23-29-15)8-14(11)26-10-12-9-22-19(21)25-16(12)20(5-6-20)18(26)28/h2-4,7-9H,5-6,10H2,1H3,(H,24,27)(H2,21,22,25). The van der Waals surface area contributed by atoms with Crippen molar-refractivity contribution < 1.29 is 14.1 Å². The summed E-state index contributed by atoms with van der Waals surface area (Å²) in [5, 5.41) is 6.32. The number of nitrogens with two attached hydrogens (primary N) is 1. The molecule has 0 atom stereocenters. The Kier molecular flexibility index (Phi) is 3.67. The number of carbonyl (C=O) groups is 2. The van der Waals surface area contributed by atoms with Crippen LogP contribution in [0.15, 0.2) is 41.2 Å². The van der Waals surface area contributed by atoms with Crippen LogP contribution < -0.4 is 16.0 Å². The van der Waals surface area contributed by atoms with Gasteiger partial charge in [-0.2, -0.15) is 0 Å². The summed E-state index contributed by atoms with van der Waals surface area (Å²) in [4.78, 5) is 35.8. The third-order valence-corrected chi connectivity index (χ3v) is 5.49. The lowest BCUT2D eigenvalue weighted by molar-refractivity contribution is -0.121. The molecule has 3 N–H and O–H groups in total. The van der Waals surface area contributed by atoms with Gasteiger partial charge in [0.05, 0.1) is 23.9 Å². The number of hydrogen-bond donors (Lipinski definition) is 2. The van der Waals surface area contributed by atoms with Crippen molar-refractivity contribution >= 4 is 29.1 Å². The molecule has 3 heterocycles. The number of amides is 2. The Bertz CT molecular complexity index is 1140. The van der Waals surface area contributed by atoms with E-state index >= 15 is 0 Å². The molecule has 1 aromatic carbocycles. The monoisotopic (exact) mass is 390 g/mol. The summed E-state index contributed by atoms with van der Waals surface area (Å²) in [6.45, 7) is 2.29. The molecule has 29 heavy (non-hydrogen) atoms. The number of benzene rings is 1. The summed E-state index contributed by atoms with van der Waals surface area (Å²) < 4.78 is 4.89. The Labute approximate surface area is 165 Å². The van der Waals surface area contributed by atoms with Crippen LogP contribution in [-0.4, -0.2) is 26.9 Å². The van der Waals surface area contributed by atoms with E-state index in [0.29, 0.717) is 12.2 Å². The lowest BCUT2D eigenvalue weighted by Gasteiger charge is -2.34. The Hall–Kier alpha value is -3.75. The van der Waals surface area contributed by atoms with E-state index in [9.17, 15) is 9.59 Å². The number of nitrogens with zero attached hydrogens (tertiary/aromatic N) is 4. The molecule has 1 saturated carbocycles. The number of aryl methyl sites for hydroxylation is 1. The lowest BCUT2D eigenvalue weighted by Crippen LogP contribution is -2.45. The van der Waals surface area contributed by atoms with Crippen molar-refractivity contribution in [3.63, 3.8) is 0 Å². The summed E-state index contributed by atoms with van der Waals surface area (Å²) in [5.74, 6) is -0.105. The SMILES string of the molecule is Cc1ccc(NC(=O)c2ccno2)cc1N1Cc2cnc(N)nc2C2(CC2)C1=O. The Morgan fingerprint density at radius 3 is 2.86 bits per heavy atom. The summed E-state index contributed by atoms with van der Waals surface area (Å²) >= 11 is 0. The van der Waals surface area contributed by atoms with Crippen molar-refractivity contribution in [2.24, 2.45) is 0 Å². The van der Waals surface area contributed by atoms with Crippen molar-refractivity contribution in [3.05, 3.63) is 59.2 Å². The van der Waals surface area contributed by atoms with Crippen molar-refractivity contribution in [3.8, 4) is 0 Å². The molecule has 0 saturated heterocycles. The molecule has 1 aliphatic carbocycles. The van der Waals surface area contributed by atoms with Gasteiger partial charge in [-0.1, -0.05) is 11.2 Å². The van der Waals surface area contributed by atoms with Crippen molar-refractivity contribution in [1.82, 2.24) is 15.1 Å². The molecule has 1 fully saturated rings. The highest BCUT2D eigenvalue weighted by Gasteiger charge is 2.58. The molecule has 9 nitrogen and oxygen atoms in total. The summed E-state index contributed by atoms with van der Waals surface area (Å²) in [6.07, 6.45) is 4.59. The summed E-state index contributed by atoms with van der Waals surface area (Å²) in [7, 11) is 0. The number of aromatic nitrogens is 3. The average molecular weight is 390 g/mol. The van der Waals surface area contributed by atoms with E-state index in [-0.39, 0.29) is 17.6 Å². The van der Waals surface area contributed by atoms with Crippen LogP contribution in [-0.2, 0) is 16.8 Å². The largest absolute Gasteiger partial charge is 0.368 e. The second-order valence-corrected chi connectivity index (χ2v) is 7.41. The molecule has 146 valence electrons. The number of rotatable bonds is 3. The highest BCUT2D eigenvalue weighted by Crippen LogP contribution is 2.53. The molecule has 9 heteroatoms. The molecular weight excluding hydrogens is 372 g/mol. The Morgan fingerprint density at radius 1 is 1.31 bits per heavy atom. The first-order valence-corrected chi connectivity index (χ1v) is 9.24. The van der Waals surface area contributed by atoms with Crippen molar-refractivity contribution in [2.75, 3.05) is 16.0 Å². The third-order valence-electron chi connectivity index (χ3n) is 5.49. The van der Waals surface area contributed by atoms with E-state index in [0.717, 1.165) is 35.3 Å². The molecule has 0 unspecified atom stereocenters. The molecule has 1 aliphatic heterocycles. The zero-order valence-corrected chi connectivity index (χ0v) is 15.7. The second-order valence-electron chi connectivity index (χ2n) is 7.41. The third kappa shape index (κ3) is 2.74. The summed E-state index contributed by atoms with van der Waals surface area (Å²) in [6, 6.07) is 6.93. The van der Waals surface area contributed by atoms with Crippen LogP contribution in [0.25, 0.3) is 0 Å². The first-order chi connectivity index (χ1) is 14.0. The fraction of sp³-hybridized carbons (Fsp3) is 0.250. The van der Waals surface area contributed by atoms with Crippen LogP contribution in [0.3, 0.4) is 0 Å². The molecule has 5 rings (SSSR count). The van der Waals surface area contributed by atoms with Gasteiger partial charge in [0.15, 0.2) is 0 Å². The number of hydrogen-bond acceptors (Lipinski definition) is 7. The number of fused-ring (bicyclic) bond motifs is 2. The van der Waals surface area contributed by atoms with Crippen LogP contribution >= 0.6 is 0 Å². The minimum absolute atomic E-state index is 0.00455. The maximum atomic E-state index is 13.4.